The molecule has 0 bridgehead atoms. The summed E-state index contributed by atoms with van der Waals surface area (Å²) < 4.78 is 65.7. The van der Waals surface area contributed by atoms with Crippen molar-refractivity contribution in [3.8, 4) is 0 Å². The summed E-state index contributed by atoms with van der Waals surface area (Å²) in [6.45, 7) is 17.5. The molecule has 0 amide bonds. The summed E-state index contributed by atoms with van der Waals surface area (Å²) in [6.07, 6.45) is 1.16. The zero-order valence-electron chi connectivity index (χ0n) is 30.4. The molecule has 0 N–H and O–H groups in total. The van der Waals surface area contributed by atoms with Crippen LogP contribution in [-0.2, 0) is 46.2 Å². The van der Waals surface area contributed by atoms with Gasteiger partial charge < -0.3 is 37.0 Å². The first kappa shape index (κ1) is 48.8. The molecule has 3 atom stereocenters. The molecule has 0 spiro atoms. The van der Waals surface area contributed by atoms with E-state index in [0.717, 1.165) is 0 Å². The number of rotatable bonds is 15. The summed E-state index contributed by atoms with van der Waals surface area (Å²) in [5.74, 6) is 3.12. The lowest BCUT2D eigenvalue weighted by molar-refractivity contribution is 0.219. The minimum absolute atomic E-state index is 0. The Kier molecular flexibility index (Phi) is 26.9. The number of alkyl halides is 1. The van der Waals surface area contributed by atoms with E-state index in [-0.39, 0.29) is 37.6 Å². The van der Waals surface area contributed by atoms with Crippen LogP contribution in [0.1, 0.15) is 69.2 Å². The molecular weight excluding hydrogens is 730 g/mol. The van der Waals surface area contributed by atoms with Crippen molar-refractivity contribution in [1.29, 1.82) is 0 Å². The second kappa shape index (κ2) is 26.5. The van der Waals surface area contributed by atoms with E-state index in [1.54, 1.807) is 56.1 Å². The monoisotopic (exact) mass is 792 g/mol. The lowest BCUT2D eigenvalue weighted by atomic mass is 10.0. The highest BCUT2D eigenvalue weighted by Gasteiger charge is 2.33. The Hall–Kier alpha value is -1.34. The van der Waals surface area contributed by atoms with E-state index in [2.05, 4.69) is 63.6 Å². The number of hydrogen-bond donors (Lipinski definition) is 0. The van der Waals surface area contributed by atoms with Gasteiger partial charge in [-0.05, 0) is 46.0 Å². The third kappa shape index (κ3) is 17.5. The molecule has 0 aromatic carbocycles. The number of aliphatic imine (C=N–C) groups is 4. The van der Waals surface area contributed by atoms with Gasteiger partial charge in [-0.1, -0.05) is 51.1 Å². The maximum atomic E-state index is 12.6. The molecule has 284 valence electrons. The summed E-state index contributed by atoms with van der Waals surface area (Å²) in [5, 5.41) is 0.643. The van der Waals surface area contributed by atoms with E-state index in [4.69, 9.17) is 37.0 Å². The maximum Gasteiger partial charge on any atom is 0.331 e. The van der Waals surface area contributed by atoms with Crippen LogP contribution < -0.4 is 0 Å². The fourth-order valence-electron chi connectivity index (χ4n) is 4.28. The first-order valence-electron chi connectivity index (χ1n) is 16.0. The molecule has 17 heteroatoms. The van der Waals surface area contributed by atoms with Crippen molar-refractivity contribution < 1.29 is 46.2 Å². The average Bonchev–Trinajstić information content (AvgIpc) is 3.04. The Morgan fingerprint density at radius 2 is 1.10 bits per heavy atom. The number of halogens is 1. The topological polar surface area (TPSA) is 157 Å². The van der Waals surface area contributed by atoms with Crippen LogP contribution in [0, 0.1) is 11.8 Å². The Bertz CT molecular complexity index is 1070. The number of methoxy groups -OCH3 is 4. The minimum atomic E-state index is -3.11. The zero-order chi connectivity index (χ0) is 36.0. The van der Waals surface area contributed by atoms with Crippen LogP contribution in [0.3, 0.4) is 0 Å². The van der Waals surface area contributed by atoms with E-state index in [1.807, 2.05) is 0 Å². The quantitative estimate of drug-likeness (QED) is 0.120. The predicted octanol–water partition coefficient (Wildman–Crippen LogP) is 7.54. The molecule has 0 unspecified atom stereocenters. The zero-order valence-corrected chi connectivity index (χ0v) is 33.8. The fourth-order valence-corrected chi connectivity index (χ4v) is 8.59. The molecule has 0 aliphatic carbocycles. The molecule has 2 heterocycles. The van der Waals surface area contributed by atoms with Crippen molar-refractivity contribution in [2.45, 2.75) is 87.4 Å². The van der Waals surface area contributed by atoms with Gasteiger partial charge in [0.1, 0.15) is 24.7 Å². The molecule has 0 aromatic rings. The van der Waals surface area contributed by atoms with Crippen LogP contribution >= 0.6 is 31.1 Å². The van der Waals surface area contributed by atoms with E-state index < -0.39 is 15.2 Å². The SMILES string of the molecule is C.CCOP(=O)(CCBr)OCC.CCOP(=O)(CC[C@H]1N=C(OC)[C@H](C(C)C)N=C1OC)OCC.COC1=N[C@@H](C(C)C)C(OC)=NC1. The van der Waals surface area contributed by atoms with Crippen LogP contribution in [0.4, 0.5) is 0 Å². The van der Waals surface area contributed by atoms with Gasteiger partial charge in [0.2, 0.25) is 23.6 Å². The van der Waals surface area contributed by atoms with Crippen molar-refractivity contribution in [3.05, 3.63) is 0 Å². The van der Waals surface area contributed by atoms with Crippen LogP contribution in [0.25, 0.3) is 0 Å². The summed E-state index contributed by atoms with van der Waals surface area (Å²) >= 11 is 3.19. The van der Waals surface area contributed by atoms with E-state index >= 15 is 0 Å². The van der Waals surface area contributed by atoms with Crippen LogP contribution in [0.15, 0.2) is 20.0 Å². The van der Waals surface area contributed by atoms with Crippen LogP contribution in [0.2, 0.25) is 0 Å². The Morgan fingerprint density at radius 3 is 1.48 bits per heavy atom. The molecule has 0 radical (unpaired) electrons. The molecule has 0 aromatic heterocycles. The highest BCUT2D eigenvalue weighted by atomic mass is 79.9. The summed E-state index contributed by atoms with van der Waals surface area (Å²) in [6, 6.07) is -0.482. The molecule has 14 nitrogen and oxygen atoms in total. The summed E-state index contributed by atoms with van der Waals surface area (Å²) in [4.78, 5) is 17.8. The van der Waals surface area contributed by atoms with Gasteiger partial charge >= 0.3 is 15.2 Å². The molecule has 2 rings (SSSR count). The Morgan fingerprint density at radius 1 is 0.667 bits per heavy atom. The minimum Gasteiger partial charge on any atom is -0.483 e. The molecule has 0 saturated carbocycles. The molecule has 2 aliphatic heterocycles. The number of ether oxygens (including phenoxy) is 4. The highest BCUT2D eigenvalue weighted by molar-refractivity contribution is 9.09. The van der Waals surface area contributed by atoms with Gasteiger partial charge in [-0.25, -0.2) is 20.0 Å². The largest absolute Gasteiger partial charge is 0.483 e. The molecule has 48 heavy (non-hydrogen) atoms. The van der Waals surface area contributed by atoms with Crippen molar-refractivity contribution >= 4 is 54.7 Å². The number of nitrogens with zero attached hydrogens (tertiary/aromatic N) is 4. The smallest absolute Gasteiger partial charge is 0.331 e. The summed E-state index contributed by atoms with van der Waals surface area (Å²) in [7, 11) is 0.527. The van der Waals surface area contributed by atoms with E-state index in [1.165, 1.54) is 0 Å². The molecular formula is C31H63BrN4O10P2. The van der Waals surface area contributed by atoms with Gasteiger partial charge in [-0.15, -0.1) is 0 Å². The molecule has 0 saturated heterocycles. The average molecular weight is 794 g/mol. The Balaban J connectivity index is 0. The Labute approximate surface area is 298 Å². The van der Waals surface area contributed by atoms with Crippen molar-refractivity contribution in [3.63, 3.8) is 0 Å². The van der Waals surface area contributed by atoms with Crippen LogP contribution in [0.5, 0.6) is 0 Å². The second-order valence-electron chi connectivity index (χ2n) is 10.6. The van der Waals surface area contributed by atoms with Gasteiger partial charge in [-0.2, -0.15) is 0 Å². The standard InChI is InChI=1S/C15H29N2O5P.C9H16N2O2.C6H14BrO3P.CH4/c1-7-21-23(18,22-8-2)10-9-12-14(19-5)17-13(11(3)4)15(16-12)20-6;1-6(2)8-9(13-4)10-5-7(11-8)12-3;1-3-9-11(8,6-5-7)10-4-2;/h11-13H,7-10H2,1-6H3;6,8H,5H2,1-4H3;3-6H2,1-2H3;1H4/t12-,13+;8-;;/m10../s1. The fraction of sp³-hybridized carbons (Fsp3) is 0.871. The van der Waals surface area contributed by atoms with Crippen molar-refractivity contribution in [2.75, 3.05) is 79.1 Å². The van der Waals surface area contributed by atoms with Gasteiger partial charge in [0.15, 0.2) is 0 Å². The van der Waals surface area contributed by atoms with Crippen LogP contribution in [-0.4, -0.2) is 121 Å². The van der Waals surface area contributed by atoms with Crippen molar-refractivity contribution in [2.24, 2.45) is 31.8 Å². The normalized spacial score (nSPS) is 19.3. The molecule has 2 aliphatic rings. The predicted molar refractivity (Wildman–Crippen MR) is 200 cm³/mol. The third-order valence-corrected chi connectivity index (χ3v) is 11.7. The lowest BCUT2D eigenvalue weighted by Crippen LogP contribution is -2.37. The summed E-state index contributed by atoms with van der Waals surface area (Å²) in [5.41, 5.74) is 0. The van der Waals surface area contributed by atoms with Gasteiger partial charge in [-0.3, -0.25) is 9.13 Å². The van der Waals surface area contributed by atoms with E-state index in [0.29, 0.717) is 80.4 Å². The highest BCUT2D eigenvalue weighted by Crippen LogP contribution is 2.49. The lowest BCUT2D eigenvalue weighted by Gasteiger charge is -2.27. The van der Waals surface area contributed by atoms with E-state index in [9.17, 15) is 9.13 Å². The second-order valence-corrected chi connectivity index (χ2v) is 15.8. The first-order valence-corrected chi connectivity index (χ1v) is 20.6. The van der Waals surface area contributed by atoms with Crippen molar-refractivity contribution in [1.82, 2.24) is 0 Å². The maximum absolute atomic E-state index is 12.6. The van der Waals surface area contributed by atoms with Gasteiger partial charge in [0.05, 0.1) is 67.2 Å². The van der Waals surface area contributed by atoms with Gasteiger partial charge in [0.25, 0.3) is 0 Å². The number of hydrogen-bond acceptors (Lipinski definition) is 14. The third-order valence-electron chi connectivity index (χ3n) is 6.46. The first-order chi connectivity index (χ1) is 22.3. The molecule has 0 fully saturated rings. The van der Waals surface area contributed by atoms with Gasteiger partial charge in [0, 0.05) is 5.33 Å².